The fraction of sp³-hybridized carbons (Fsp3) is 0.360. The molecule has 1 atom stereocenters. The van der Waals surface area contributed by atoms with Crippen molar-refractivity contribution in [3.05, 3.63) is 65.2 Å². The van der Waals surface area contributed by atoms with Crippen LogP contribution in [-0.2, 0) is 9.59 Å². The van der Waals surface area contributed by atoms with Crippen molar-refractivity contribution in [2.24, 2.45) is 0 Å². The zero-order valence-electron chi connectivity index (χ0n) is 18.3. The van der Waals surface area contributed by atoms with Gasteiger partial charge in [0.25, 0.3) is 11.7 Å². The van der Waals surface area contributed by atoms with E-state index in [0.29, 0.717) is 29.2 Å². The Hall–Kier alpha value is -3.28. The van der Waals surface area contributed by atoms with Crippen LogP contribution in [0.1, 0.15) is 49.8 Å². The SMILES string of the molecule is CCCCCCN1C(=O)C(=O)C(=C(O)c2ccccc2)C1c1ccc(OC)c(OC)c1. The van der Waals surface area contributed by atoms with Crippen LogP contribution in [0.15, 0.2) is 54.1 Å². The normalized spacial score (nSPS) is 17.8. The van der Waals surface area contributed by atoms with Gasteiger partial charge in [-0.15, -0.1) is 0 Å². The number of ether oxygens (including phenoxy) is 2. The standard InChI is InChI=1S/C25H29NO5/c1-4-5-6-10-15-26-22(18-13-14-19(30-2)20(16-18)31-3)21(24(28)25(26)29)23(27)17-11-8-7-9-12-17/h7-9,11-14,16,22,27H,4-6,10,15H2,1-3H3. The first kappa shape index (κ1) is 22.4. The van der Waals surface area contributed by atoms with Crippen LogP contribution in [0, 0.1) is 0 Å². The summed E-state index contributed by atoms with van der Waals surface area (Å²) in [5, 5.41) is 11.0. The molecule has 1 unspecified atom stereocenters. The molecule has 2 aromatic rings. The number of likely N-dealkylation sites (tertiary alicyclic amines) is 1. The van der Waals surface area contributed by atoms with Gasteiger partial charge in [-0.1, -0.05) is 62.6 Å². The van der Waals surface area contributed by atoms with Crippen molar-refractivity contribution in [1.29, 1.82) is 0 Å². The summed E-state index contributed by atoms with van der Waals surface area (Å²) in [5.74, 6) is -0.384. The lowest BCUT2D eigenvalue weighted by Gasteiger charge is -2.26. The van der Waals surface area contributed by atoms with Crippen LogP contribution in [-0.4, -0.2) is 42.5 Å². The quantitative estimate of drug-likeness (QED) is 0.274. The maximum atomic E-state index is 13.0. The lowest BCUT2D eigenvalue weighted by Crippen LogP contribution is -2.30. The van der Waals surface area contributed by atoms with Crippen molar-refractivity contribution in [2.45, 2.75) is 38.6 Å². The number of carbonyl (C=O) groups excluding carboxylic acids is 2. The first-order valence-corrected chi connectivity index (χ1v) is 10.6. The summed E-state index contributed by atoms with van der Waals surface area (Å²) in [4.78, 5) is 27.5. The highest BCUT2D eigenvalue weighted by molar-refractivity contribution is 6.46. The zero-order valence-corrected chi connectivity index (χ0v) is 18.3. The van der Waals surface area contributed by atoms with Gasteiger partial charge >= 0.3 is 0 Å². The number of benzene rings is 2. The van der Waals surface area contributed by atoms with Gasteiger partial charge < -0.3 is 19.5 Å². The van der Waals surface area contributed by atoms with Crippen LogP contribution in [0.25, 0.3) is 5.76 Å². The molecule has 0 saturated carbocycles. The van der Waals surface area contributed by atoms with Crippen molar-refractivity contribution in [2.75, 3.05) is 20.8 Å². The van der Waals surface area contributed by atoms with Gasteiger partial charge in [0.15, 0.2) is 11.5 Å². The molecule has 6 nitrogen and oxygen atoms in total. The second kappa shape index (κ2) is 10.2. The van der Waals surface area contributed by atoms with E-state index in [0.717, 1.165) is 25.7 Å². The van der Waals surface area contributed by atoms with E-state index in [1.54, 1.807) is 54.5 Å². The Balaban J connectivity index is 2.10. The van der Waals surface area contributed by atoms with E-state index in [9.17, 15) is 14.7 Å². The van der Waals surface area contributed by atoms with Crippen LogP contribution in [0.2, 0.25) is 0 Å². The Morgan fingerprint density at radius 3 is 2.32 bits per heavy atom. The second-order valence-corrected chi connectivity index (χ2v) is 7.53. The molecule has 2 aromatic carbocycles. The number of nitrogens with zero attached hydrogens (tertiary/aromatic N) is 1. The number of Topliss-reactive ketones (excluding diaryl/α,β-unsaturated/α-hetero) is 1. The van der Waals surface area contributed by atoms with E-state index in [4.69, 9.17) is 9.47 Å². The highest BCUT2D eigenvalue weighted by Gasteiger charge is 2.46. The highest BCUT2D eigenvalue weighted by Crippen LogP contribution is 2.42. The molecule has 1 heterocycles. The van der Waals surface area contributed by atoms with Crippen molar-refractivity contribution < 1.29 is 24.2 Å². The van der Waals surface area contributed by atoms with Crippen molar-refractivity contribution in [3.63, 3.8) is 0 Å². The van der Waals surface area contributed by atoms with Gasteiger partial charge in [-0.25, -0.2) is 0 Å². The van der Waals surface area contributed by atoms with E-state index in [2.05, 4.69) is 6.92 Å². The minimum absolute atomic E-state index is 0.0962. The Morgan fingerprint density at radius 2 is 1.68 bits per heavy atom. The summed E-state index contributed by atoms with van der Waals surface area (Å²) in [5.41, 5.74) is 1.28. The number of aliphatic hydroxyl groups is 1. The molecule has 1 fully saturated rings. The van der Waals surface area contributed by atoms with Crippen LogP contribution in [0.3, 0.4) is 0 Å². The molecular weight excluding hydrogens is 394 g/mol. The predicted octanol–water partition coefficient (Wildman–Crippen LogP) is 4.71. The van der Waals surface area contributed by atoms with E-state index >= 15 is 0 Å². The van der Waals surface area contributed by atoms with Gasteiger partial charge in [0.2, 0.25) is 0 Å². The molecule has 164 valence electrons. The molecule has 1 N–H and O–H groups in total. The molecule has 0 aromatic heterocycles. The number of hydrogen-bond acceptors (Lipinski definition) is 5. The summed E-state index contributed by atoms with van der Waals surface area (Å²) in [6.07, 6.45) is 3.90. The molecule has 3 rings (SSSR count). The number of amides is 1. The minimum Gasteiger partial charge on any atom is -0.507 e. The lowest BCUT2D eigenvalue weighted by molar-refractivity contribution is -0.139. The van der Waals surface area contributed by atoms with Gasteiger partial charge in [-0.05, 0) is 24.1 Å². The average Bonchev–Trinajstić information content (AvgIpc) is 3.06. The van der Waals surface area contributed by atoms with Gasteiger partial charge in [-0.2, -0.15) is 0 Å². The molecule has 1 aliphatic heterocycles. The Bertz CT molecular complexity index is 967. The molecule has 1 saturated heterocycles. The van der Waals surface area contributed by atoms with Gasteiger partial charge in [-0.3, -0.25) is 9.59 Å². The summed E-state index contributed by atoms with van der Waals surface area (Å²) in [7, 11) is 3.08. The van der Waals surface area contributed by atoms with Gasteiger partial charge in [0, 0.05) is 12.1 Å². The van der Waals surface area contributed by atoms with Crippen LogP contribution in [0.4, 0.5) is 0 Å². The molecule has 0 spiro atoms. The molecule has 0 radical (unpaired) electrons. The molecule has 0 bridgehead atoms. The first-order valence-electron chi connectivity index (χ1n) is 10.6. The predicted molar refractivity (Wildman–Crippen MR) is 119 cm³/mol. The molecule has 1 aliphatic rings. The maximum absolute atomic E-state index is 13.0. The number of ketones is 1. The van der Waals surface area contributed by atoms with E-state index in [-0.39, 0.29) is 11.3 Å². The third-order valence-electron chi connectivity index (χ3n) is 5.56. The smallest absolute Gasteiger partial charge is 0.295 e. The summed E-state index contributed by atoms with van der Waals surface area (Å²) in [6, 6.07) is 13.4. The summed E-state index contributed by atoms with van der Waals surface area (Å²) >= 11 is 0. The summed E-state index contributed by atoms with van der Waals surface area (Å²) < 4.78 is 10.8. The maximum Gasteiger partial charge on any atom is 0.295 e. The van der Waals surface area contributed by atoms with Crippen LogP contribution in [0.5, 0.6) is 11.5 Å². The van der Waals surface area contributed by atoms with Crippen molar-refractivity contribution in [1.82, 2.24) is 4.90 Å². The monoisotopic (exact) mass is 423 g/mol. The molecular formula is C25H29NO5. The largest absolute Gasteiger partial charge is 0.507 e. The van der Waals surface area contributed by atoms with E-state index in [1.165, 1.54) is 7.11 Å². The average molecular weight is 424 g/mol. The number of aliphatic hydroxyl groups excluding tert-OH is 1. The Labute approximate surface area is 183 Å². The van der Waals surface area contributed by atoms with Crippen LogP contribution < -0.4 is 9.47 Å². The minimum atomic E-state index is -0.693. The Kier molecular flexibility index (Phi) is 7.34. The highest BCUT2D eigenvalue weighted by atomic mass is 16.5. The van der Waals surface area contributed by atoms with Crippen molar-refractivity contribution >= 4 is 17.4 Å². The van der Waals surface area contributed by atoms with Crippen LogP contribution >= 0.6 is 0 Å². The zero-order chi connectivity index (χ0) is 22.4. The second-order valence-electron chi connectivity index (χ2n) is 7.53. The lowest BCUT2D eigenvalue weighted by atomic mass is 9.95. The molecule has 31 heavy (non-hydrogen) atoms. The number of methoxy groups -OCH3 is 2. The van der Waals surface area contributed by atoms with Gasteiger partial charge in [0.05, 0.1) is 25.8 Å². The summed E-state index contributed by atoms with van der Waals surface area (Å²) in [6.45, 7) is 2.56. The molecule has 1 amide bonds. The third kappa shape index (κ3) is 4.58. The number of carbonyl (C=O) groups is 2. The third-order valence-corrected chi connectivity index (χ3v) is 5.56. The fourth-order valence-corrected chi connectivity index (χ4v) is 3.94. The molecule has 0 aliphatic carbocycles. The topological polar surface area (TPSA) is 76.1 Å². The van der Waals surface area contributed by atoms with Gasteiger partial charge in [0.1, 0.15) is 5.76 Å². The number of hydrogen-bond donors (Lipinski definition) is 1. The molecule has 6 heteroatoms. The first-order chi connectivity index (χ1) is 15.0. The fourth-order valence-electron chi connectivity index (χ4n) is 3.94. The van der Waals surface area contributed by atoms with Crippen molar-refractivity contribution in [3.8, 4) is 11.5 Å². The van der Waals surface area contributed by atoms with E-state index < -0.39 is 17.7 Å². The Morgan fingerprint density at radius 1 is 0.968 bits per heavy atom. The number of unbranched alkanes of at least 4 members (excludes halogenated alkanes) is 3. The number of rotatable bonds is 9. The van der Waals surface area contributed by atoms with E-state index in [1.807, 2.05) is 6.07 Å².